The van der Waals surface area contributed by atoms with Crippen molar-refractivity contribution in [3.63, 3.8) is 0 Å². The zero-order chi connectivity index (χ0) is 14.9. The first-order chi connectivity index (χ1) is 10.1. The summed E-state index contributed by atoms with van der Waals surface area (Å²) in [5, 5.41) is 0. The van der Waals surface area contributed by atoms with E-state index in [2.05, 4.69) is 4.57 Å². The van der Waals surface area contributed by atoms with Crippen molar-refractivity contribution in [1.29, 1.82) is 0 Å². The van der Waals surface area contributed by atoms with Crippen LogP contribution in [0.4, 0.5) is 0 Å². The summed E-state index contributed by atoms with van der Waals surface area (Å²) in [5.41, 5.74) is 1.02. The molecule has 0 amide bonds. The molecule has 2 heterocycles. The van der Waals surface area contributed by atoms with Crippen LogP contribution in [0, 0.1) is 0 Å². The second-order valence-corrected chi connectivity index (χ2v) is 6.87. The van der Waals surface area contributed by atoms with Crippen LogP contribution in [0.1, 0.15) is 12.6 Å². The van der Waals surface area contributed by atoms with Crippen LogP contribution in [0.15, 0.2) is 47.5 Å². The first-order valence-corrected chi connectivity index (χ1v) is 8.42. The van der Waals surface area contributed by atoms with Gasteiger partial charge in [-0.15, -0.1) is 0 Å². The minimum Gasteiger partial charge on any atom is -0.494 e. The summed E-state index contributed by atoms with van der Waals surface area (Å²) in [5.74, 6) is 0.684. The third kappa shape index (κ3) is 2.69. The van der Waals surface area contributed by atoms with Gasteiger partial charge in [-0.05, 0) is 43.3 Å². The van der Waals surface area contributed by atoms with E-state index in [1.54, 1.807) is 24.3 Å². The van der Waals surface area contributed by atoms with E-state index < -0.39 is 10.0 Å². The highest BCUT2D eigenvalue weighted by Crippen LogP contribution is 2.23. The minimum atomic E-state index is -3.45. The Hall–Kier alpha value is -1.79. The number of fused-ring (bicyclic) bond motifs is 1. The van der Waals surface area contributed by atoms with Crippen molar-refractivity contribution in [2.24, 2.45) is 0 Å². The molecule has 3 rings (SSSR count). The van der Waals surface area contributed by atoms with Gasteiger partial charge in [0.05, 0.1) is 18.0 Å². The first kappa shape index (κ1) is 14.2. The van der Waals surface area contributed by atoms with Crippen LogP contribution in [0.25, 0.3) is 0 Å². The molecule has 0 N–H and O–H groups in total. The summed E-state index contributed by atoms with van der Waals surface area (Å²) < 4.78 is 34.3. The maximum absolute atomic E-state index is 12.7. The van der Waals surface area contributed by atoms with Crippen LogP contribution in [0.3, 0.4) is 0 Å². The average molecular weight is 306 g/mol. The number of ether oxygens (including phenoxy) is 1. The maximum atomic E-state index is 12.7. The quantitative estimate of drug-likeness (QED) is 0.869. The molecule has 0 unspecified atom stereocenters. The lowest BCUT2D eigenvalue weighted by atomic mass is 10.3. The Morgan fingerprint density at radius 3 is 2.62 bits per heavy atom. The number of rotatable bonds is 4. The van der Waals surface area contributed by atoms with Gasteiger partial charge >= 0.3 is 0 Å². The summed E-state index contributed by atoms with van der Waals surface area (Å²) in [6, 6.07) is 10.5. The van der Waals surface area contributed by atoms with Crippen molar-refractivity contribution >= 4 is 10.0 Å². The predicted molar refractivity (Wildman–Crippen MR) is 79.6 cm³/mol. The molecule has 1 aromatic carbocycles. The molecular weight excluding hydrogens is 288 g/mol. The molecule has 21 heavy (non-hydrogen) atoms. The summed E-state index contributed by atoms with van der Waals surface area (Å²) in [7, 11) is -3.45. The van der Waals surface area contributed by atoms with E-state index in [0.717, 1.165) is 5.69 Å². The second-order valence-electron chi connectivity index (χ2n) is 4.94. The Bertz CT molecular complexity index is 720. The highest BCUT2D eigenvalue weighted by Gasteiger charge is 2.28. The van der Waals surface area contributed by atoms with Gasteiger partial charge in [0.15, 0.2) is 0 Å². The lowest BCUT2D eigenvalue weighted by molar-refractivity contribution is 0.338. The molecule has 0 bridgehead atoms. The summed E-state index contributed by atoms with van der Waals surface area (Å²) in [6.07, 6.45) is 1.98. The Kier molecular flexibility index (Phi) is 3.73. The number of hydrogen-bond donors (Lipinski definition) is 0. The van der Waals surface area contributed by atoms with E-state index in [1.165, 1.54) is 4.31 Å². The monoisotopic (exact) mass is 306 g/mol. The molecule has 1 aliphatic rings. The largest absolute Gasteiger partial charge is 0.494 e. The van der Waals surface area contributed by atoms with Crippen LogP contribution in [-0.2, 0) is 23.1 Å². The van der Waals surface area contributed by atoms with E-state index in [-0.39, 0.29) is 0 Å². The van der Waals surface area contributed by atoms with Crippen LogP contribution in [0.5, 0.6) is 5.75 Å². The van der Waals surface area contributed by atoms with Gasteiger partial charge < -0.3 is 9.30 Å². The number of hydrogen-bond acceptors (Lipinski definition) is 3. The average Bonchev–Trinajstić information content (AvgIpc) is 2.95. The van der Waals surface area contributed by atoms with Crippen molar-refractivity contribution in [1.82, 2.24) is 8.87 Å². The normalized spacial score (nSPS) is 15.7. The van der Waals surface area contributed by atoms with Gasteiger partial charge in [-0.25, -0.2) is 8.42 Å². The van der Waals surface area contributed by atoms with Crippen molar-refractivity contribution in [3.8, 4) is 5.75 Å². The fourth-order valence-corrected chi connectivity index (χ4v) is 3.92. The predicted octanol–water partition coefficient (Wildman–Crippen LogP) is 2.09. The van der Waals surface area contributed by atoms with Gasteiger partial charge in [0, 0.05) is 25.0 Å². The summed E-state index contributed by atoms with van der Waals surface area (Å²) in [6.45, 7) is 4.07. The Morgan fingerprint density at radius 1 is 1.14 bits per heavy atom. The molecule has 0 atom stereocenters. The van der Waals surface area contributed by atoms with Crippen LogP contribution in [0.2, 0.25) is 0 Å². The van der Waals surface area contributed by atoms with Gasteiger partial charge in [-0.3, -0.25) is 0 Å². The highest BCUT2D eigenvalue weighted by molar-refractivity contribution is 7.89. The van der Waals surface area contributed by atoms with Crippen molar-refractivity contribution in [2.45, 2.75) is 24.9 Å². The molecule has 5 nitrogen and oxygen atoms in total. The number of nitrogens with zero attached hydrogens (tertiary/aromatic N) is 2. The zero-order valence-electron chi connectivity index (χ0n) is 11.9. The number of benzene rings is 1. The van der Waals surface area contributed by atoms with Crippen LogP contribution in [-0.4, -0.2) is 30.4 Å². The Balaban J connectivity index is 1.84. The fraction of sp³-hybridized carbons (Fsp3) is 0.333. The second kappa shape index (κ2) is 5.54. The molecule has 0 radical (unpaired) electrons. The summed E-state index contributed by atoms with van der Waals surface area (Å²) >= 11 is 0. The molecule has 1 aliphatic heterocycles. The van der Waals surface area contributed by atoms with Crippen LogP contribution < -0.4 is 4.74 Å². The number of aromatic nitrogens is 1. The third-order valence-electron chi connectivity index (χ3n) is 3.62. The molecule has 0 spiro atoms. The van der Waals surface area contributed by atoms with Gasteiger partial charge in [-0.2, -0.15) is 4.31 Å². The van der Waals surface area contributed by atoms with Crippen molar-refractivity contribution < 1.29 is 13.2 Å². The molecular formula is C15H18N2O3S. The summed E-state index contributed by atoms with van der Waals surface area (Å²) in [4.78, 5) is 0.311. The topological polar surface area (TPSA) is 51.5 Å². The van der Waals surface area contributed by atoms with Gasteiger partial charge in [-0.1, -0.05) is 0 Å². The van der Waals surface area contributed by atoms with Gasteiger partial charge in [0.1, 0.15) is 5.75 Å². The molecule has 1 aromatic heterocycles. The van der Waals surface area contributed by atoms with Gasteiger partial charge in [0.25, 0.3) is 0 Å². The molecule has 0 fully saturated rings. The molecule has 2 aromatic rings. The maximum Gasteiger partial charge on any atom is 0.243 e. The lowest BCUT2D eigenvalue weighted by Crippen LogP contribution is -2.37. The smallest absolute Gasteiger partial charge is 0.243 e. The van der Waals surface area contributed by atoms with Crippen molar-refractivity contribution in [3.05, 3.63) is 48.3 Å². The first-order valence-electron chi connectivity index (χ1n) is 6.98. The van der Waals surface area contributed by atoms with E-state index in [1.807, 2.05) is 25.3 Å². The third-order valence-corrected chi connectivity index (χ3v) is 5.48. The zero-order valence-corrected chi connectivity index (χ0v) is 12.7. The Morgan fingerprint density at radius 2 is 1.90 bits per heavy atom. The van der Waals surface area contributed by atoms with Crippen molar-refractivity contribution in [2.75, 3.05) is 13.2 Å². The highest BCUT2D eigenvalue weighted by atomic mass is 32.2. The molecule has 0 saturated carbocycles. The fourth-order valence-electron chi connectivity index (χ4n) is 2.52. The number of sulfonamides is 1. The molecule has 0 saturated heterocycles. The Labute approximate surface area is 124 Å². The standard InChI is InChI=1S/C15H18N2O3S/c1-2-20-14-5-7-15(8-6-14)21(18,19)17-11-10-16-9-3-4-13(16)12-17/h3-9H,2,10-12H2,1H3. The van der Waals surface area contributed by atoms with E-state index >= 15 is 0 Å². The SMILES string of the molecule is CCOc1ccc(S(=O)(=O)N2CCn3cccc3C2)cc1. The minimum absolute atomic E-state index is 0.311. The van der Waals surface area contributed by atoms with E-state index in [9.17, 15) is 8.42 Å². The van der Waals surface area contributed by atoms with Gasteiger partial charge in [0.2, 0.25) is 10.0 Å². The molecule has 112 valence electrons. The van der Waals surface area contributed by atoms with E-state index in [0.29, 0.717) is 36.9 Å². The van der Waals surface area contributed by atoms with Crippen LogP contribution >= 0.6 is 0 Å². The molecule has 6 heteroatoms. The lowest BCUT2D eigenvalue weighted by Gasteiger charge is -2.27. The van der Waals surface area contributed by atoms with E-state index in [4.69, 9.17) is 4.74 Å². The molecule has 0 aliphatic carbocycles.